The highest BCUT2D eigenvalue weighted by Crippen LogP contribution is 2.31. The lowest BCUT2D eigenvalue weighted by atomic mass is 10.0. The molecule has 0 atom stereocenters. The summed E-state index contributed by atoms with van der Waals surface area (Å²) in [6, 6.07) is 5.52. The number of aryl methyl sites for hydroxylation is 1. The van der Waals surface area contributed by atoms with Crippen LogP contribution in [0.5, 0.6) is 0 Å². The fourth-order valence-corrected chi connectivity index (χ4v) is 3.01. The zero-order valence-corrected chi connectivity index (χ0v) is 13.9. The van der Waals surface area contributed by atoms with Gasteiger partial charge in [-0.2, -0.15) is 13.2 Å². The van der Waals surface area contributed by atoms with Crippen LogP contribution >= 0.6 is 0 Å². The van der Waals surface area contributed by atoms with Gasteiger partial charge in [-0.15, -0.1) is 0 Å². The Morgan fingerprint density at radius 3 is 2.63 bits per heavy atom. The van der Waals surface area contributed by atoms with Crippen molar-refractivity contribution in [2.75, 3.05) is 11.4 Å². The zero-order chi connectivity index (χ0) is 19.8. The first-order valence-electron chi connectivity index (χ1n) is 8.02. The number of amides is 1. The van der Waals surface area contributed by atoms with Crippen LogP contribution in [0.15, 0.2) is 41.3 Å². The van der Waals surface area contributed by atoms with Crippen LogP contribution in [0.1, 0.15) is 17.5 Å². The Bertz CT molecular complexity index is 969. The molecule has 27 heavy (non-hydrogen) atoms. The minimum Gasteiger partial charge on any atom is -0.311 e. The number of halogens is 3. The van der Waals surface area contributed by atoms with E-state index in [1.54, 1.807) is 0 Å². The first-order chi connectivity index (χ1) is 12.7. The van der Waals surface area contributed by atoms with Gasteiger partial charge in [-0.3, -0.25) is 19.7 Å². The number of hydrogen-bond donors (Lipinski definition) is 0. The summed E-state index contributed by atoms with van der Waals surface area (Å²) in [6.07, 6.45) is -2.92. The maximum Gasteiger partial charge on any atom is 0.417 e. The Balaban J connectivity index is 1.89. The predicted molar refractivity (Wildman–Crippen MR) is 89.5 cm³/mol. The standard InChI is InChI=1S/C17H14F3N3O4/c18-17(19,20)12-3-6-15(24)21(9-12)10-16(25)22-7-1-2-11-8-13(23(26)27)4-5-14(11)22/h3-6,8-9H,1-2,7,10H2. The first-order valence-corrected chi connectivity index (χ1v) is 8.02. The van der Waals surface area contributed by atoms with Crippen LogP contribution in [-0.4, -0.2) is 21.9 Å². The van der Waals surface area contributed by atoms with Crippen molar-refractivity contribution in [3.63, 3.8) is 0 Å². The second kappa shape index (κ2) is 6.86. The van der Waals surface area contributed by atoms with Gasteiger partial charge in [0.05, 0.1) is 10.5 Å². The van der Waals surface area contributed by atoms with Gasteiger partial charge in [0, 0.05) is 36.6 Å². The lowest BCUT2D eigenvalue weighted by molar-refractivity contribution is -0.384. The number of non-ortho nitro benzene ring substituents is 1. The topological polar surface area (TPSA) is 85.5 Å². The van der Waals surface area contributed by atoms with Crippen molar-refractivity contribution in [3.8, 4) is 0 Å². The molecular weight excluding hydrogens is 367 g/mol. The molecule has 0 aliphatic carbocycles. The third-order valence-electron chi connectivity index (χ3n) is 4.31. The molecule has 0 saturated heterocycles. The summed E-state index contributed by atoms with van der Waals surface area (Å²) < 4.78 is 39.2. The van der Waals surface area contributed by atoms with Crippen LogP contribution in [0.3, 0.4) is 0 Å². The van der Waals surface area contributed by atoms with E-state index in [0.29, 0.717) is 47.5 Å². The molecule has 3 rings (SSSR count). The number of pyridine rings is 1. The van der Waals surface area contributed by atoms with E-state index in [1.807, 2.05) is 0 Å². The quantitative estimate of drug-likeness (QED) is 0.604. The monoisotopic (exact) mass is 381 g/mol. The molecule has 0 fully saturated rings. The molecule has 10 heteroatoms. The Labute approximate surface area is 150 Å². The third kappa shape index (κ3) is 3.83. The summed E-state index contributed by atoms with van der Waals surface area (Å²) in [5, 5.41) is 10.9. The summed E-state index contributed by atoms with van der Waals surface area (Å²) in [6.45, 7) is -0.240. The molecule has 1 aromatic heterocycles. The summed E-state index contributed by atoms with van der Waals surface area (Å²) in [7, 11) is 0. The highest BCUT2D eigenvalue weighted by atomic mass is 19.4. The van der Waals surface area contributed by atoms with Crippen molar-refractivity contribution in [1.82, 2.24) is 4.57 Å². The van der Waals surface area contributed by atoms with E-state index < -0.39 is 34.7 Å². The molecule has 1 aromatic carbocycles. The van der Waals surface area contributed by atoms with Gasteiger partial charge in [-0.1, -0.05) is 0 Å². The Morgan fingerprint density at radius 2 is 1.96 bits per heavy atom. The molecule has 1 aliphatic heterocycles. The van der Waals surface area contributed by atoms with Crippen molar-refractivity contribution in [2.24, 2.45) is 0 Å². The highest BCUT2D eigenvalue weighted by Gasteiger charge is 2.31. The Morgan fingerprint density at radius 1 is 1.22 bits per heavy atom. The number of rotatable bonds is 3. The van der Waals surface area contributed by atoms with Crippen LogP contribution in [0.4, 0.5) is 24.5 Å². The van der Waals surface area contributed by atoms with E-state index in [2.05, 4.69) is 0 Å². The van der Waals surface area contributed by atoms with Crippen LogP contribution in [0.25, 0.3) is 0 Å². The number of carbonyl (C=O) groups excluding carboxylic acids is 1. The van der Waals surface area contributed by atoms with Crippen LogP contribution < -0.4 is 10.5 Å². The number of nitrogens with zero attached hydrogens (tertiary/aromatic N) is 3. The van der Waals surface area contributed by atoms with Gasteiger partial charge in [0.2, 0.25) is 5.91 Å². The van der Waals surface area contributed by atoms with Gasteiger partial charge < -0.3 is 9.47 Å². The number of alkyl halides is 3. The summed E-state index contributed by atoms with van der Waals surface area (Å²) >= 11 is 0. The summed E-state index contributed by atoms with van der Waals surface area (Å²) in [5.41, 5.74) is -0.768. The Kier molecular flexibility index (Phi) is 4.73. The molecule has 2 aromatic rings. The van der Waals surface area contributed by atoms with Gasteiger partial charge in [-0.05, 0) is 30.5 Å². The average molecular weight is 381 g/mol. The first kappa shape index (κ1) is 18.6. The van der Waals surface area contributed by atoms with E-state index in [4.69, 9.17) is 0 Å². The predicted octanol–water partition coefficient (Wildman–Crippen LogP) is 2.75. The molecule has 0 bridgehead atoms. The smallest absolute Gasteiger partial charge is 0.311 e. The molecule has 0 unspecified atom stereocenters. The number of nitro benzene ring substituents is 1. The number of anilines is 1. The van der Waals surface area contributed by atoms with Gasteiger partial charge in [0.1, 0.15) is 6.54 Å². The van der Waals surface area contributed by atoms with Crippen LogP contribution in [0.2, 0.25) is 0 Å². The van der Waals surface area contributed by atoms with Crippen molar-refractivity contribution in [1.29, 1.82) is 0 Å². The minimum atomic E-state index is -4.63. The van der Waals surface area contributed by atoms with Crippen molar-refractivity contribution in [2.45, 2.75) is 25.6 Å². The van der Waals surface area contributed by atoms with E-state index in [-0.39, 0.29) is 5.69 Å². The van der Waals surface area contributed by atoms with E-state index in [0.717, 1.165) is 6.07 Å². The van der Waals surface area contributed by atoms with Crippen LogP contribution in [-0.2, 0) is 23.9 Å². The van der Waals surface area contributed by atoms with E-state index >= 15 is 0 Å². The molecular formula is C17H14F3N3O4. The van der Waals surface area contributed by atoms with Gasteiger partial charge in [0.25, 0.3) is 11.2 Å². The molecule has 142 valence electrons. The largest absolute Gasteiger partial charge is 0.417 e. The van der Waals surface area contributed by atoms with Crippen molar-refractivity contribution < 1.29 is 22.9 Å². The molecule has 2 heterocycles. The average Bonchev–Trinajstić information content (AvgIpc) is 2.61. The fraction of sp³-hybridized carbons (Fsp3) is 0.294. The maximum atomic E-state index is 12.8. The molecule has 1 amide bonds. The molecule has 0 N–H and O–H groups in total. The number of fused-ring (bicyclic) bond motifs is 1. The van der Waals surface area contributed by atoms with E-state index in [1.165, 1.54) is 23.1 Å². The van der Waals surface area contributed by atoms with E-state index in [9.17, 15) is 32.9 Å². The van der Waals surface area contributed by atoms with Gasteiger partial charge >= 0.3 is 6.18 Å². The number of aromatic nitrogens is 1. The maximum absolute atomic E-state index is 12.8. The van der Waals surface area contributed by atoms with Crippen molar-refractivity contribution in [3.05, 3.63) is 68.1 Å². The number of nitro groups is 1. The Hall–Kier alpha value is -3.17. The van der Waals surface area contributed by atoms with Gasteiger partial charge in [-0.25, -0.2) is 0 Å². The summed E-state index contributed by atoms with van der Waals surface area (Å²) in [5.74, 6) is -0.564. The number of hydrogen-bond acceptors (Lipinski definition) is 4. The normalized spacial score (nSPS) is 14.0. The number of benzene rings is 1. The SMILES string of the molecule is O=C(Cn1cc(C(F)(F)F)ccc1=O)N1CCCc2cc([N+](=O)[O-])ccc21. The zero-order valence-electron chi connectivity index (χ0n) is 13.9. The molecule has 1 aliphatic rings. The van der Waals surface area contributed by atoms with Crippen molar-refractivity contribution >= 4 is 17.3 Å². The highest BCUT2D eigenvalue weighted by molar-refractivity contribution is 5.94. The fourth-order valence-electron chi connectivity index (χ4n) is 3.01. The molecule has 7 nitrogen and oxygen atoms in total. The lowest BCUT2D eigenvalue weighted by Gasteiger charge is -2.29. The van der Waals surface area contributed by atoms with Crippen LogP contribution in [0, 0.1) is 10.1 Å². The molecule has 0 spiro atoms. The second-order valence-corrected chi connectivity index (χ2v) is 6.10. The summed E-state index contributed by atoms with van der Waals surface area (Å²) in [4.78, 5) is 36.1. The molecule has 0 saturated carbocycles. The third-order valence-corrected chi connectivity index (χ3v) is 4.31. The molecule has 0 radical (unpaired) electrons. The minimum absolute atomic E-state index is 0.0999. The van der Waals surface area contributed by atoms with Gasteiger partial charge in [0.15, 0.2) is 0 Å². The second-order valence-electron chi connectivity index (χ2n) is 6.10. The lowest BCUT2D eigenvalue weighted by Crippen LogP contribution is -2.39. The number of carbonyl (C=O) groups is 1.